The van der Waals surface area contributed by atoms with Crippen molar-refractivity contribution in [2.75, 3.05) is 0 Å². The van der Waals surface area contributed by atoms with Gasteiger partial charge in [-0.15, -0.1) is 0 Å². The first-order valence-electron chi connectivity index (χ1n) is 27.1. The van der Waals surface area contributed by atoms with E-state index >= 15 is 0 Å². The molecule has 360 valence electrons. The second-order valence-corrected chi connectivity index (χ2v) is 22.9. The van der Waals surface area contributed by atoms with Crippen LogP contribution in [0.15, 0.2) is 182 Å². The van der Waals surface area contributed by atoms with Gasteiger partial charge in [0.05, 0.1) is 0 Å². The molecule has 74 heavy (non-hydrogen) atoms. The molecule has 12 aromatic rings. The van der Waals surface area contributed by atoms with Crippen molar-refractivity contribution in [1.82, 2.24) is 0 Å². The molecule has 0 saturated carbocycles. The van der Waals surface area contributed by atoms with Crippen LogP contribution in [-0.4, -0.2) is 0 Å². The lowest BCUT2D eigenvalue weighted by Crippen LogP contribution is -2.15. The molecule has 0 aromatic heterocycles. The van der Waals surface area contributed by atoms with E-state index in [1.165, 1.54) is 165 Å². The summed E-state index contributed by atoms with van der Waals surface area (Å²) in [6.45, 7) is 20.6. The SMILES string of the molecule is CCCc1ccc2c(c1)C(C)(C)c1cc(-c3cc4cc(-c5cc6cc(-c7ccc8ccc9cc(CC(C)C)cc%10ccc7c8c9%10)ccc6cc5-c5ccc(C)c(C)c5)ccc4cc3-c3ccc(C)c(C)c3)ccc1-2. The summed E-state index contributed by atoms with van der Waals surface area (Å²) in [6, 6.07) is 71.4. The molecule has 0 heteroatoms. The predicted octanol–water partition coefficient (Wildman–Crippen LogP) is 20.9. The molecule has 0 amide bonds. The van der Waals surface area contributed by atoms with Crippen LogP contribution in [0.5, 0.6) is 0 Å². The fourth-order valence-corrected chi connectivity index (χ4v) is 12.8. The highest BCUT2D eigenvalue weighted by Crippen LogP contribution is 2.51. The quantitative estimate of drug-likeness (QED) is 0.127. The van der Waals surface area contributed by atoms with Gasteiger partial charge in [0.2, 0.25) is 0 Å². The minimum absolute atomic E-state index is 0.104. The average Bonchev–Trinajstić information content (AvgIpc) is 3.63. The summed E-state index contributed by atoms with van der Waals surface area (Å²) >= 11 is 0. The molecule has 0 heterocycles. The van der Waals surface area contributed by atoms with E-state index < -0.39 is 0 Å². The van der Waals surface area contributed by atoms with Crippen molar-refractivity contribution in [3.8, 4) is 66.8 Å². The van der Waals surface area contributed by atoms with E-state index in [-0.39, 0.29) is 5.41 Å². The lowest BCUT2D eigenvalue weighted by Gasteiger charge is -2.23. The van der Waals surface area contributed by atoms with E-state index in [4.69, 9.17) is 0 Å². The molecule has 0 N–H and O–H groups in total. The van der Waals surface area contributed by atoms with Crippen LogP contribution in [0.25, 0.3) is 121 Å². The first kappa shape index (κ1) is 46.0. The molecule has 0 radical (unpaired) electrons. The summed E-state index contributed by atoms with van der Waals surface area (Å²) in [6.07, 6.45) is 3.35. The molecule has 0 bridgehead atoms. The largest absolute Gasteiger partial charge is 0.0651 e. The van der Waals surface area contributed by atoms with E-state index in [1.54, 1.807) is 0 Å². The molecule has 0 nitrogen and oxygen atoms in total. The van der Waals surface area contributed by atoms with E-state index in [0.717, 1.165) is 19.3 Å². The van der Waals surface area contributed by atoms with E-state index in [1.807, 2.05) is 0 Å². The van der Waals surface area contributed by atoms with Gasteiger partial charge in [-0.25, -0.2) is 0 Å². The molecule has 12 aromatic carbocycles. The van der Waals surface area contributed by atoms with Gasteiger partial charge in [0.25, 0.3) is 0 Å². The van der Waals surface area contributed by atoms with Gasteiger partial charge in [0.15, 0.2) is 0 Å². The number of aryl methyl sites for hydroxylation is 5. The summed E-state index contributed by atoms with van der Waals surface area (Å²) in [4.78, 5) is 0. The third kappa shape index (κ3) is 7.56. The van der Waals surface area contributed by atoms with Crippen LogP contribution in [0.4, 0.5) is 0 Å². The van der Waals surface area contributed by atoms with Crippen molar-refractivity contribution in [1.29, 1.82) is 0 Å². The number of hydrogen-bond acceptors (Lipinski definition) is 0. The Morgan fingerprint density at radius 3 is 1.36 bits per heavy atom. The first-order chi connectivity index (χ1) is 35.8. The number of hydrogen-bond donors (Lipinski definition) is 0. The van der Waals surface area contributed by atoms with Crippen LogP contribution < -0.4 is 0 Å². The third-order valence-electron chi connectivity index (χ3n) is 17.1. The van der Waals surface area contributed by atoms with Crippen LogP contribution in [0.1, 0.15) is 85.5 Å². The van der Waals surface area contributed by atoms with Crippen molar-refractivity contribution in [3.05, 3.63) is 226 Å². The molecule has 0 aliphatic heterocycles. The van der Waals surface area contributed by atoms with Crippen LogP contribution in [0.2, 0.25) is 0 Å². The Balaban J connectivity index is 0.979. The number of rotatable bonds is 9. The van der Waals surface area contributed by atoms with Gasteiger partial charge in [-0.05, 0) is 254 Å². The van der Waals surface area contributed by atoms with Crippen LogP contribution in [-0.2, 0) is 18.3 Å². The Hall–Kier alpha value is -7.80. The van der Waals surface area contributed by atoms with Gasteiger partial charge in [-0.2, -0.15) is 0 Å². The minimum Gasteiger partial charge on any atom is -0.0651 e. The maximum Gasteiger partial charge on any atom is 0.0159 e. The summed E-state index contributed by atoms with van der Waals surface area (Å²) in [5.41, 5.74) is 26.1. The standard InChI is InChI=1S/C74H64/c1-10-11-48-14-26-63-64-28-24-57(42-71(64)74(8,9)70(63)35-48)69-41-61-37-56(21-19-52(61)39-67(69)54-16-13-45(5)47(7)32-54)68-40-60-36-55(20-18-51(60)38-66(68)53-15-12-44(4)46(6)31-53)62-27-23-50-17-22-58-33-49(30-43(2)3)34-59-25-29-65(62)73(50)72(58)59/h12-29,31-43H,10-11,30H2,1-9H3. The summed E-state index contributed by atoms with van der Waals surface area (Å²) in [5, 5.41) is 13.0. The van der Waals surface area contributed by atoms with Crippen LogP contribution >= 0.6 is 0 Å². The highest BCUT2D eigenvalue weighted by Gasteiger charge is 2.36. The number of fused-ring (bicyclic) bond motifs is 5. The Bertz CT molecular complexity index is 4250. The summed E-state index contributed by atoms with van der Waals surface area (Å²) < 4.78 is 0. The molecule has 1 aliphatic carbocycles. The maximum absolute atomic E-state index is 2.51. The Labute approximate surface area is 437 Å². The van der Waals surface area contributed by atoms with Crippen LogP contribution in [0, 0.1) is 33.6 Å². The van der Waals surface area contributed by atoms with Crippen molar-refractivity contribution < 1.29 is 0 Å². The Kier molecular flexibility index (Phi) is 10.8. The lowest BCUT2D eigenvalue weighted by molar-refractivity contribution is 0.648. The molecule has 0 saturated heterocycles. The zero-order chi connectivity index (χ0) is 50.7. The van der Waals surface area contributed by atoms with Crippen molar-refractivity contribution in [2.45, 2.75) is 87.0 Å². The summed E-state index contributed by atoms with van der Waals surface area (Å²) in [7, 11) is 0. The minimum atomic E-state index is -0.104. The highest BCUT2D eigenvalue weighted by atomic mass is 14.4. The molecule has 13 rings (SSSR count). The zero-order valence-corrected chi connectivity index (χ0v) is 44.5. The van der Waals surface area contributed by atoms with Crippen LogP contribution in [0.3, 0.4) is 0 Å². The first-order valence-corrected chi connectivity index (χ1v) is 27.1. The van der Waals surface area contributed by atoms with Gasteiger partial charge in [-0.3, -0.25) is 0 Å². The van der Waals surface area contributed by atoms with E-state index in [0.29, 0.717) is 5.92 Å². The van der Waals surface area contributed by atoms with Gasteiger partial charge in [-0.1, -0.05) is 181 Å². The van der Waals surface area contributed by atoms with Gasteiger partial charge in [0, 0.05) is 5.41 Å². The molecular formula is C74H64. The van der Waals surface area contributed by atoms with Gasteiger partial charge < -0.3 is 0 Å². The Morgan fingerprint density at radius 1 is 0.338 bits per heavy atom. The second-order valence-electron chi connectivity index (χ2n) is 22.9. The lowest BCUT2D eigenvalue weighted by atomic mass is 9.80. The average molecular weight is 953 g/mol. The highest BCUT2D eigenvalue weighted by molar-refractivity contribution is 6.25. The molecule has 0 fully saturated rings. The predicted molar refractivity (Wildman–Crippen MR) is 321 cm³/mol. The monoisotopic (exact) mass is 953 g/mol. The molecule has 0 atom stereocenters. The van der Waals surface area contributed by atoms with E-state index in [9.17, 15) is 0 Å². The van der Waals surface area contributed by atoms with Gasteiger partial charge in [0.1, 0.15) is 0 Å². The van der Waals surface area contributed by atoms with Crippen molar-refractivity contribution >= 4 is 53.9 Å². The normalized spacial score (nSPS) is 13.1. The molecule has 0 unspecified atom stereocenters. The third-order valence-corrected chi connectivity index (χ3v) is 17.1. The maximum atomic E-state index is 2.51. The fraction of sp³-hybridized carbons (Fsp3) is 0.189. The number of benzene rings is 12. The van der Waals surface area contributed by atoms with Crippen molar-refractivity contribution in [2.24, 2.45) is 5.92 Å². The Morgan fingerprint density at radius 2 is 0.784 bits per heavy atom. The molecule has 0 spiro atoms. The molecule has 1 aliphatic rings. The topological polar surface area (TPSA) is 0 Å². The van der Waals surface area contributed by atoms with E-state index in [2.05, 4.69) is 244 Å². The summed E-state index contributed by atoms with van der Waals surface area (Å²) in [5.74, 6) is 0.615. The van der Waals surface area contributed by atoms with Crippen molar-refractivity contribution in [3.63, 3.8) is 0 Å². The second kappa shape index (κ2) is 17.4. The fourth-order valence-electron chi connectivity index (χ4n) is 12.8. The zero-order valence-electron chi connectivity index (χ0n) is 44.5. The smallest absolute Gasteiger partial charge is 0.0159 e. The van der Waals surface area contributed by atoms with Gasteiger partial charge >= 0.3 is 0 Å². The molecular weight excluding hydrogens is 889 g/mol.